The van der Waals surface area contributed by atoms with Gasteiger partial charge in [0.1, 0.15) is 5.82 Å². The molecule has 0 radical (unpaired) electrons. The minimum atomic E-state index is 0.265. The van der Waals surface area contributed by atoms with Gasteiger partial charge in [0.25, 0.3) is 0 Å². The number of unbranched alkanes of at least 4 members (excludes halogenated alkanes) is 2. The molecule has 5 nitrogen and oxygen atoms in total. The van der Waals surface area contributed by atoms with Crippen LogP contribution in [0.3, 0.4) is 0 Å². The van der Waals surface area contributed by atoms with E-state index in [1.54, 1.807) is 13.2 Å². The van der Waals surface area contributed by atoms with Gasteiger partial charge in [-0.15, -0.1) is 0 Å². The van der Waals surface area contributed by atoms with Gasteiger partial charge in [-0.05, 0) is 35.2 Å². The van der Waals surface area contributed by atoms with Crippen LogP contribution in [-0.4, -0.2) is 35.3 Å². The van der Waals surface area contributed by atoms with Crippen molar-refractivity contribution in [2.24, 2.45) is 0 Å². The van der Waals surface area contributed by atoms with Crippen LogP contribution in [0.1, 0.15) is 19.3 Å². The molecule has 0 unspecified atom stereocenters. The summed E-state index contributed by atoms with van der Waals surface area (Å²) in [5.74, 6) is 1.39. The lowest BCUT2D eigenvalue weighted by atomic mass is 10.2. The quantitative estimate of drug-likeness (QED) is 0.668. The molecule has 0 atom stereocenters. The summed E-state index contributed by atoms with van der Waals surface area (Å²) >= 11 is 3.39. The molecular weight excluding hydrogens is 272 g/mol. The van der Waals surface area contributed by atoms with Crippen LogP contribution >= 0.6 is 15.9 Å². The number of nitrogens with one attached hydrogen (secondary N) is 2. The first kappa shape index (κ1) is 13.2. The van der Waals surface area contributed by atoms with Gasteiger partial charge in [-0.2, -0.15) is 4.98 Å². The van der Waals surface area contributed by atoms with E-state index in [0.717, 1.165) is 36.1 Å². The van der Waals surface area contributed by atoms with Gasteiger partial charge in [-0.3, -0.25) is 0 Å². The summed E-state index contributed by atoms with van der Waals surface area (Å²) in [5.41, 5.74) is 0. The molecule has 90 valence electrons. The molecule has 1 aromatic heterocycles. The lowest BCUT2D eigenvalue weighted by Crippen LogP contribution is -2.06. The summed E-state index contributed by atoms with van der Waals surface area (Å²) in [7, 11) is 1.79. The molecule has 1 heterocycles. The Labute approximate surface area is 104 Å². The van der Waals surface area contributed by atoms with E-state index in [1.165, 1.54) is 0 Å². The van der Waals surface area contributed by atoms with E-state index < -0.39 is 0 Å². The third-order valence-corrected chi connectivity index (χ3v) is 2.68. The number of aliphatic hydroxyl groups is 1. The Kier molecular flexibility index (Phi) is 6.10. The standard InChI is InChI=1S/C10H17BrN4O/c1-12-10-14-7-8(11)9(15-10)13-5-3-2-4-6-16/h7,16H,2-6H2,1H3,(H2,12,13,14,15). The van der Waals surface area contributed by atoms with Gasteiger partial charge in [-0.1, -0.05) is 0 Å². The van der Waals surface area contributed by atoms with E-state index in [4.69, 9.17) is 5.11 Å². The fourth-order valence-electron chi connectivity index (χ4n) is 1.23. The zero-order valence-corrected chi connectivity index (χ0v) is 10.9. The minimum Gasteiger partial charge on any atom is -0.396 e. The minimum absolute atomic E-state index is 0.265. The summed E-state index contributed by atoms with van der Waals surface area (Å²) in [6.07, 6.45) is 4.61. The Balaban J connectivity index is 2.40. The van der Waals surface area contributed by atoms with Gasteiger partial charge in [0, 0.05) is 26.4 Å². The van der Waals surface area contributed by atoms with Gasteiger partial charge >= 0.3 is 0 Å². The Bertz CT molecular complexity index is 322. The summed E-state index contributed by atoms with van der Waals surface area (Å²) in [4.78, 5) is 8.35. The molecule has 0 aliphatic rings. The highest BCUT2D eigenvalue weighted by Gasteiger charge is 2.02. The number of aromatic nitrogens is 2. The summed E-state index contributed by atoms with van der Waals surface area (Å²) in [6, 6.07) is 0. The molecule has 0 amide bonds. The van der Waals surface area contributed by atoms with Crippen LogP contribution in [0.15, 0.2) is 10.7 Å². The average molecular weight is 289 g/mol. The number of aliphatic hydroxyl groups excluding tert-OH is 1. The molecular formula is C10H17BrN4O. The second-order valence-corrected chi connectivity index (χ2v) is 4.21. The molecule has 0 aliphatic carbocycles. The maximum Gasteiger partial charge on any atom is 0.224 e. The van der Waals surface area contributed by atoms with Crippen molar-refractivity contribution in [2.75, 3.05) is 30.8 Å². The third-order valence-electron chi connectivity index (χ3n) is 2.10. The van der Waals surface area contributed by atoms with Crippen molar-refractivity contribution in [1.29, 1.82) is 0 Å². The van der Waals surface area contributed by atoms with Crippen LogP contribution in [0.2, 0.25) is 0 Å². The van der Waals surface area contributed by atoms with Crippen LogP contribution in [-0.2, 0) is 0 Å². The van der Waals surface area contributed by atoms with Crippen molar-refractivity contribution in [3.05, 3.63) is 10.7 Å². The molecule has 1 aromatic rings. The highest BCUT2D eigenvalue weighted by atomic mass is 79.9. The van der Waals surface area contributed by atoms with E-state index in [0.29, 0.717) is 5.95 Å². The van der Waals surface area contributed by atoms with Crippen molar-refractivity contribution in [3.63, 3.8) is 0 Å². The second kappa shape index (κ2) is 7.40. The average Bonchev–Trinajstić information content (AvgIpc) is 2.31. The molecule has 0 fully saturated rings. The fourth-order valence-corrected chi connectivity index (χ4v) is 1.56. The second-order valence-electron chi connectivity index (χ2n) is 3.35. The van der Waals surface area contributed by atoms with Crippen molar-refractivity contribution in [3.8, 4) is 0 Å². The molecule has 3 N–H and O–H groups in total. The molecule has 6 heteroatoms. The molecule has 0 aromatic carbocycles. The molecule has 16 heavy (non-hydrogen) atoms. The Morgan fingerprint density at radius 2 is 2.19 bits per heavy atom. The maximum atomic E-state index is 8.64. The number of rotatable bonds is 7. The molecule has 0 spiro atoms. The SMILES string of the molecule is CNc1ncc(Br)c(NCCCCCO)n1. The first-order chi connectivity index (χ1) is 7.77. The summed E-state index contributed by atoms with van der Waals surface area (Å²) < 4.78 is 0.855. The number of anilines is 2. The van der Waals surface area contributed by atoms with Gasteiger partial charge in [0.05, 0.1) is 4.47 Å². The van der Waals surface area contributed by atoms with Crippen LogP contribution < -0.4 is 10.6 Å². The predicted octanol–water partition coefficient (Wildman–Crippen LogP) is 1.86. The van der Waals surface area contributed by atoms with E-state index in [1.807, 2.05) is 0 Å². The van der Waals surface area contributed by atoms with E-state index >= 15 is 0 Å². The largest absolute Gasteiger partial charge is 0.396 e. The van der Waals surface area contributed by atoms with Crippen LogP contribution in [0.5, 0.6) is 0 Å². The van der Waals surface area contributed by atoms with Gasteiger partial charge in [0.15, 0.2) is 0 Å². The van der Waals surface area contributed by atoms with E-state index in [9.17, 15) is 0 Å². The molecule has 0 aliphatic heterocycles. The zero-order chi connectivity index (χ0) is 11.8. The Hall–Kier alpha value is -0.880. The van der Waals surface area contributed by atoms with Crippen molar-refractivity contribution >= 4 is 27.7 Å². The fraction of sp³-hybridized carbons (Fsp3) is 0.600. The maximum absolute atomic E-state index is 8.64. The first-order valence-electron chi connectivity index (χ1n) is 5.33. The summed E-state index contributed by atoms with van der Waals surface area (Å²) in [6.45, 7) is 1.11. The van der Waals surface area contributed by atoms with Gasteiger partial charge in [0.2, 0.25) is 5.95 Å². The van der Waals surface area contributed by atoms with Crippen LogP contribution in [0.4, 0.5) is 11.8 Å². The number of halogens is 1. The molecule has 1 rings (SSSR count). The zero-order valence-electron chi connectivity index (χ0n) is 9.33. The van der Waals surface area contributed by atoms with Gasteiger partial charge < -0.3 is 15.7 Å². The van der Waals surface area contributed by atoms with Crippen LogP contribution in [0, 0.1) is 0 Å². The summed E-state index contributed by atoms with van der Waals surface area (Å²) in [5, 5.41) is 14.8. The van der Waals surface area contributed by atoms with Crippen LogP contribution in [0.25, 0.3) is 0 Å². The molecule has 0 bridgehead atoms. The number of nitrogens with zero attached hydrogens (tertiary/aromatic N) is 2. The van der Waals surface area contributed by atoms with E-state index in [-0.39, 0.29) is 6.61 Å². The van der Waals surface area contributed by atoms with E-state index in [2.05, 4.69) is 36.5 Å². The van der Waals surface area contributed by atoms with Crippen molar-refractivity contribution < 1.29 is 5.11 Å². The van der Waals surface area contributed by atoms with Crippen molar-refractivity contribution in [2.45, 2.75) is 19.3 Å². The monoisotopic (exact) mass is 288 g/mol. The predicted molar refractivity (Wildman–Crippen MR) is 68.7 cm³/mol. The third kappa shape index (κ3) is 4.32. The Morgan fingerprint density at radius 1 is 1.38 bits per heavy atom. The normalized spacial score (nSPS) is 10.2. The molecule has 0 saturated heterocycles. The number of hydrogen-bond acceptors (Lipinski definition) is 5. The highest BCUT2D eigenvalue weighted by Crippen LogP contribution is 2.19. The lowest BCUT2D eigenvalue weighted by Gasteiger charge is -2.08. The first-order valence-corrected chi connectivity index (χ1v) is 6.12. The van der Waals surface area contributed by atoms with Crippen molar-refractivity contribution in [1.82, 2.24) is 9.97 Å². The lowest BCUT2D eigenvalue weighted by molar-refractivity contribution is 0.283. The topological polar surface area (TPSA) is 70.1 Å². The number of hydrogen-bond donors (Lipinski definition) is 3. The smallest absolute Gasteiger partial charge is 0.224 e. The van der Waals surface area contributed by atoms with Gasteiger partial charge in [-0.25, -0.2) is 4.98 Å². The Morgan fingerprint density at radius 3 is 2.88 bits per heavy atom. The highest BCUT2D eigenvalue weighted by molar-refractivity contribution is 9.10. The molecule has 0 saturated carbocycles.